The number of benzene rings is 2. The highest BCUT2D eigenvalue weighted by molar-refractivity contribution is 6.19. The first kappa shape index (κ1) is 27.7. The number of alkyl halides is 6. The number of fused-ring (bicyclic) bond motifs is 1. The molecule has 0 spiro atoms. The first-order valence-corrected chi connectivity index (χ1v) is 11.0. The zero-order valence-electron chi connectivity index (χ0n) is 19.1. The SMILES string of the molecule is NC(=O)[C@@H](CCC(F)(F)F)[C@@H](CC(F)(F)F)C(=O)N[C@H]1N=C(c2ccccc2)c2ccccc2NC1=O. The summed E-state index contributed by atoms with van der Waals surface area (Å²) in [5, 5.41) is 4.60. The van der Waals surface area contributed by atoms with Gasteiger partial charge in [-0.3, -0.25) is 14.4 Å². The van der Waals surface area contributed by atoms with Crippen LogP contribution in [0.3, 0.4) is 0 Å². The second kappa shape index (κ2) is 11.0. The van der Waals surface area contributed by atoms with Gasteiger partial charge in [0.15, 0.2) is 0 Å². The fraction of sp³-hybridized carbons (Fsp3) is 0.333. The Balaban J connectivity index is 1.98. The maximum Gasteiger partial charge on any atom is 0.389 e. The zero-order chi connectivity index (χ0) is 27.4. The van der Waals surface area contributed by atoms with Crippen molar-refractivity contribution in [1.82, 2.24) is 5.32 Å². The number of nitrogens with one attached hydrogen (secondary N) is 2. The summed E-state index contributed by atoms with van der Waals surface area (Å²) in [5.74, 6) is -8.28. The highest BCUT2D eigenvalue weighted by atomic mass is 19.4. The Kier molecular flexibility index (Phi) is 8.24. The molecule has 2 aromatic rings. The third-order valence-electron chi connectivity index (χ3n) is 5.65. The molecule has 0 saturated heterocycles. The quantitative estimate of drug-likeness (QED) is 0.451. The minimum atomic E-state index is -5.02. The van der Waals surface area contributed by atoms with Crippen molar-refractivity contribution in [2.24, 2.45) is 22.6 Å². The number of carbonyl (C=O) groups is 3. The van der Waals surface area contributed by atoms with Gasteiger partial charge in [-0.05, 0) is 12.5 Å². The summed E-state index contributed by atoms with van der Waals surface area (Å²) in [7, 11) is 0. The third kappa shape index (κ3) is 7.54. The highest BCUT2D eigenvalue weighted by Crippen LogP contribution is 2.34. The maximum absolute atomic E-state index is 13.3. The third-order valence-corrected chi connectivity index (χ3v) is 5.65. The van der Waals surface area contributed by atoms with Crippen molar-refractivity contribution in [3.05, 3.63) is 65.7 Å². The van der Waals surface area contributed by atoms with E-state index in [2.05, 4.69) is 15.6 Å². The topological polar surface area (TPSA) is 114 Å². The van der Waals surface area contributed by atoms with Gasteiger partial charge in [-0.1, -0.05) is 48.5 Å². The molecule has 1 heterocycles. The van der Waals surface area contributed by atoms with Gasteiger partial charge in [0, 0.05) is 23.5 Å². The van der Waals surface area contributed by atoms with Gasteiger partial charge in [0.05, 0.1) is 23.7 Å². The summed E-state index contributed by atoms with van der Waals surface area (Å²) in [4.78, 5) is 42.0. The van der Waals surface area contributed by atoms with Gasteiger partial charge >= 0.3 is 12.4 Å². The van der Waals surface area contributed by atoms with Crippen molar-refractivity contribution in [3.63, 3.8) is 0 Å². The van der Waals surface area contributed by atoms with E-state index < -0.39 is 67.3 Å². The van der Waals surface area contributed by atoms with Crippen molar-refractivity contribution in [2.45, 2.75) is 37.8 Å². The zero-order valence-corrected chi connectivity index (χ0v) is 19.1. The molecule has 1 aliphatic heterocycles. The molecular weight excluding hydrogens is 506 g/mol. The minimum absolute atomic E-state index is 0.232. The van der Waals surface area contributed by atoms with Gasteiger partial charge in [0.2, 0.25) is 18.0 Å². The van der Waals surface area contributed by atoms with Crippen molar-refractivity contribution >= 4 is 29.1 Å². The molecule has 13 heteroatoms. The van der Waals surface area contributed by atoms with Gasteiger partial charge in [-0.15, -0.1) is 0 Å². The molecule has 0 unspecified atom stereocenters. The molecule has 3 rings (SSSR count). The van der Waals surface area contributed by atoms with Crippen LogP contribution in [-0.4, -0.2) is 42.0 Å². The van der Waals surface area contributed by atoms with Gasteiger partial charge in [0.25, 0.3) is 5.91 Å². The molecule has 0 saturated carbocycles. The Bertz CT molecular complexity index is 1180. The molecule has 198 valence electrons. The van der Waals surface area contributed by atoms with Gasteiger partial charge < -0.3 is 16.4 Å². The number of benzodiazepines with no additional fused rings is 1. The van der Waals surface area contributed by atoms with Crippen LogP contribution in [0.25, 0.3) is 0 Å². The van der Waals surface area contributed by atoms with Crippen LogP contribution in [-0.2, 0) is 14.4 Å². The maximum atomic E-state index is 13.3. The van der Waals surface area contributed by atoms with E-state index in [-0.39, 0.29) is 5.71 Å². The number of halogens is 6. The molecule has 0 fully saturated rings. The molecular formula is C24H22F6N4O3. The standard InChI is InChI=1S/C24H22F6N4O3/c25-23(26,27)11-10-14(19(31)35)16(12-24(28,29)30)21(36)34-20-22(37)32-17-9-5-4-8-15(17)18(33-20)13-6-2-1-3-7-13/h1-9,14,16,20H,10-12H2,(H2,31,35)(H,32,37)(H,34,36)/t14-,16+,20+/m0/s1. The predicted octanol–water partition coefficient (Wildman–Crippen LogP) is 3.93. The fourth-order valence-corrected chi connectivity index (χ4v) is 3.95. The van der Waals surface area contributed by atoms with Crippen LogP contribution in [0.1, 0.15) is 30.4 Å². The average Bonchev–Trinajstić information content (AvgIpc) is 2.93. The molecule has 0 bridgehead atoms. The van der Waals surface area contributed by atoms with Gasteiger partial charge in [-0.2, -0.15) is 26.3 Å². The van der Waals surface area contributed by atoms with Crippen molar-refractivity contribution in [1.29, 1.82) is 0 Å². The van der Waals surface area contributed by atoms with Crippen LogP contribution in [0, 0.1) is 11.8 Å². The van der Waals surface area contributed by atoms with Crippen molar-refractivity contribution in [2.75, 3.05) is 5.32 Å². The average molecular weight is 528 g/mol. The minimum Gasteiger partial charge on any atom is -0.369 e. The Morgan fingerprint density at radius 3 is 2.16 bits per heavy atom. The van der Waals surface area contributed by atoms with Crippen LogP contribution in [0.5, 0.6) is 0 Å². The number of amides is 3. The Hall–Kier alpha value is -3.90. The summed E-state index contributed by atoms with van der Waals surface area (Å²) in [5.41, 5.74) is 6.64. The summed E-state index contributed by atoms with van der Waals surface area (Å²) in [6, 6.07) is 14.9. The number of hydrogen-bond donors (Lipinski definition) is 3. The molecule has 7 nitrogen and oxygen atoms in total. The second-order valence-corrected chi connectivity index (χ2v) is 8.38. The molecule has 1 aliphatic rings. The number of aliphatic imine (C=N–C) groups is 1. The van der Waals surface area contributed by atoms with Crippen LogP contribution >= 0.6 is 0 Å². The molecule has 0 aromatic heterocycles. The lowest BCUT2D eigenvalue weighted by Crippen LogP contribution is -2.49. The molecule has 2 aromatic carbocycles. The van der Waals surface area contributed by atoms with Crippen LogP contribution in [0.4, 0.5) is 32.0 Å². The summed E-state index contributed by atoms with van der Waals surface area (Å²) in [6.07, 6.45) is -16.2. The number of rotatable bonds is 8. The monoisotopic (exact) mass is 528 g/mol. The lowest BCUT2D eigenvalue weighted by Gasteiger charge is -2.26. The van der Waals surface area contributed by atoms with E-state index in [1.165, 1.54) is 0 Å². The molecule has 0 aliphatic carbocycles. The van der Waals surface area contributed by atoms with E-state index in [9.17, 15) is 40.7 Å². The second-order valence-electron chi connectivity index (χ2n) is 8.38. The largest absolute Gasteiger partial charge is 0.389 e. The highest BCUT2D eigenvalue weighted by Gasteiger charge is 2.44. The first-order valence-electron chi connectivity index (χ1n) is 11.0. The van der Waals surface area contributed by atoms with Crippen molar-refractivity contribution in [3.8, 4) is 0 Å². The van der Waals surface area contributed by atoms with E-state index in [0.29, 0.717) is 16.8 Å². The Morgan fingerprint density at radius 1 is 0.946 bits per heavy atom. The number of primary amides is 1. The Morgan fingerprint density at radius 2 is 1.57 bits per heavy atom. The van der Waals surface area contributed by atoms with E-state index in [1.807, 2.05) is 0 Å². The summed E-state index contributed by atoms with van der Waals surface area (Å²) in [6.45, 7) is 0. The van der Waals surface area contributed by atoms with Crippen LogP contribution < -0.4 is 16.4 Å². The van der Waals surface area contributed by atoms with Gasteiger partial charge in [-0.25, -0.2) is 4.99 Å². The smallest absolute Gasteiger partial charge is 0.369 e. The van der Waals surface area contributed by atoms with E-state index in [4.69, 9.17) is 5.73 Å². The number of anilines is 1. The van der Waals surface area contributed by atoms with Crippen LogP contribution in [0.15, 0.2) is 59.6 Å². The van der Waals surface area contributed by atoms with Gasteiger partial charge in [0.1, 0.15) is 0 Å². The van der Waals surface area contributed by atoms with E-state index in [1.54, 1.807) is 54.6 Å². The lowest BCUT2D eigenvalue weighted by molar-refractivity contribution is -0.164. The fourth-order valence-electron chi connectivity index (χ4n) is 3.95. The number of carbonyl (C=O) groups excluding carboxylic acids is 3. The summed E-state index contributed by atoms with van der Waals surface area (Å²) >= 11 is 0. The molecule has 0 radical (unpaired) electrons. The van der Waals surface area contributed by atoms with E-state index >= 15 is 0 Å². The summed E-state index contributed by atoms with van der Waals surface area (Å²) < 4.78 is 78.1. The molecule has 3 atom stereocenters. The predicted molar refractivity (Wildman–Crippen MR) is 121 cm³/mol. The number of nitrogens with two attached hydrogens (primary N) is 1. The number of hydrogen-bond acceptors (Lipinski definition) is 4. The molecule has 3 amide bonds. The lowest BCUT2D eigenvalue weighted by atomic mass is 9.84. The first-order chi connectivity index (χ1) is 17.2. The van der Waals surface area contributed by atoms with Crippen LogP contribution in [0.2, 0.25) is 0 Å². The van der Waals surface area contributed by atoms with E-state index in [0.717, 1.165) is 0 Å². The number of nitrogens with zero attached hydrogens (tertiary/aromatic N) is 1. The number of para-hydroxylation sites is 1. The Labute approximate surface area is 207 Å². The van der Waals surface area contributed by atoms with Crippen molar-refractivity contribution < 1.29 is 40.7 Å². The molecule has 4 N–H and O–H groups in total. The normalized spacial score (nSPS) is 17.5. The molecule has 37 heavy (non-hydrogen) atoms.